The van der Waals surface area contributed by atoms with Crippen LogP contribution in [0, 0.1) is 6.92 Å². The van der Waals surface area contributed by atoms with Crippen LogP contribution in [-0.4, -0.2) is 28.2 Å². The van der Waals surface area contributed by atoms with Gasteiger partial charge in [-0.05, 0) is 54.3 Å². The highest BCUT2D eigenvalue weighted by atomic mass is 19.4. The summed E-state index contributed by atoms with van der Waals surface area (Å²) in [5.41, 5.74) is 2.52. The molecule has 0 radical (unpaired) electrons. The second-order valence-corrected chi connectivity index (χ2v) is 6.61. The molecule has 148 valence electrons. The number of halogens is 3. The topological polar surface area (TPSA) is 66.8 Å². The molecule has 0 bridgehead atoms. The Morgan fingerprint density at radius 1 is 1.21 bits per heavy atom. The van der Waals surface area contributed by atoms with Gasteiger partial charge in [0.05, 0.1) is 11.6 Å². The maximum Gasteiger partial charge on any atom is 0.573 e. The zero-order chi connectivity index (χ0) is 20.6. The number of ether oxygens (including phenoxy) is 1. The normalized spacial score (nSPS) is 16.2. The summed E-state index contributed by atoms with van der Waals surface area (Å²) in [4.78, 5) is 25.9. The molecule has 1 atom stereocenters. The molecule has 2 aromatic rings. The van der Waals surface area contributed by atoms with Crippen LogP contribution in [0.2, 0.25) is 0 Å². The van der Waals surface area contributed by atoms with Crippen molar-refractivity contribution in [1.82, 2.24) is 4.90 Å². The summed E-state index contributed by atoms with van der Waals surface area (Å²) in [5.74, 6) is -1.61. The summed E-state index contributed by atoms with van der Waals surface area (Å²) < 4.78 is 40.7. The summed E-state index contributed by atoms with van der Waals surface area (Å²) in [6.07, 6.45) is -4.18. The lowest BCUT2D eigenvalue weighted by molar-refractivity contribution is -0.274. The van der Waals surface area contributed by atoms with E-state index in [1.807, 2.05) is 6.92 Å². The Morgan fingerprint density at radius 2 is 1.86 bits per heavy atom. The molecule has 1 amide bonds. The molecular weight excluding hydrogens is 375 g/mol. The predicted octanol–water partition coefficient (Wildman–Crippen LogP) is 4.70. The highest BCUT2D eigenvalue weighted by Crippen LogP contribution is 2.39. The van der Waals surface area contributed by atoms with Crippen molar-refractivity contribution in [2.45, 2.75) is 39.2 Å². The standard InChI is InChI=1S/C20H18F3NO4/c1-3-16-15-9-13(19(26)27)8-11(2)17(15)18(25)24(16)10-12-4-6-14(7-5-12)28-20(21,22)23/h4-9,16H,3,10H2,1-2H3,(H,26,27). The van der Waals surface area contributed by atoms with Gasteiger partial charge in [0.2, 0.25) is 0 Å². The lowest BCUT2D eigenvalue weighted by atomic mass is 9.96. The molecule has 0 saturated heterocycles. The van der Waals surface area contributed by atoms with Crippen LogP contribution in [0.5, 0.6) is 5.75 Å². The number of carboxylic acids is 1. The highest BCUT2D eigenvalue weighted by molar-refractivity contribution is 6.02. The highest BCUT2D eigenvalue weighted by Gasteiger charge is 2.37. The first-order chi connectivity index (χ1) is 13.1. The third-order valence-electron chi connectivity index (χ3n) is 4.72. The lowest BCUT2D eigenvalue weighted by Gasteiger charge is -2.24. The number of carboxylic acid groups (broad SMARTS) is 1. The van der Waals surface area contributed by atoms with Crippen molar-refractivity contribution in [3.63, 3.8) is 0 Å². The molecule has 1 aliphatic heterocycles. The molecule has 1 unspecified atom stereocenters. The molecule has 2 aromatic carbocycles. The van der Waals surface area contributed by atoms with E-state index >= 15 is 0 Å². The van der Waals surface area contributed by atoms with E-state index in [1.54, 1.807) is 11.8 Å². The van der Waals surface area contributed by atoms with Crippen LogP contribution in [0.4, 0.5) is 13.2 Å². The number of carbonyl (C=O) groups is 2. The summed E-state index contributed by atoms with van der Waals surface area (Å²) in [5, 5.41) is 9.28. The molecule has 0 saturated carbocycles. The molecule has 0 aliphatic carbocycles. The second kappa shape index (κ2) is 7.18. The minimum atomic E-state index is -4.76. The number of benzene rings is 2. The zero-order valence-electron chi connectivity index (χ0n) is 15.2. The van der Waals surface area contributed by atoms with Gasteiger partial charge in [0.15, 0.2) is 0 Å². The van der Waals surface area contributed by atoms with Crippen molar-refractivity contribution in [2.75, 3.05) is 0 Å². The fraction of sp³-hybridized carbons (Fsp3) is 0.300. The molecule has 0 fully saturated rings. The third-order valence-corrected chi connectivity index (χ3v) is 4.72. The number of hydrogen-bond donors (Lipinski definition) is 1. The van der Waals surface area contributed by atoms with Crippen LogP contribution in [0.1, 0.15) is 56.8 Å². The number of nitrogens with zero attached hydrogens (tertiary/aromatic N) is 1. The van der Waals surface area contributed by atoms with Gasteiger partial charge in [0.25, 0.3) is 5.91 Å². The summed E-state index contributed by atoms with van der Waals surface area (Å²) in [6, 6.07) is 8.04. The number of alkyl halides is 3. The Kier molecular flexibility index (Phi) is 5.06. The molecule has 8 heteroatoms. The molecule has 1 N–H and O–H groups in total. The van der Waals surface area contributed by atoms with Crippen molar-refractivity contribution < 1.29 is 32.6 Å². The number of rotatable bonds is 5. The zero-order valence-corrected chi connectivity index (χ0v) is 15.2. The van der Waals surface area contributed by atoms with Gasteiger partial charge < -0.3 is 14.7 Å². The molecule has 28 heavy (non-hydrogen) atoms. The lowest BCUT2D eigenvalue weighted by Crippen LogP contribution is -2.27. The SMILES string of the molecule is CCC1c2cc(C(=O)O)cc(C)c2C(=O)N1Cc1ccc(OC(F)(F)F)cc1. The van der Waals surface area contributed by atoms with E-state index in [4.69, 9.17) is 0 Å². The monoisotopic (exact) mass is 393 g/mol. The number of carbonyl (C=O) groups excluding carboxylic acids is 1. The Morgan fingerprint density at radius 3 is 2.39 bits per heavy atom. The fourth-order valence-electron chi connectivity index (χ4n) is 3.56. The van der Waals surface area contributed by atoms with Crippen LogP contribution in [0.15, 0.2) is 36.4 Å². The van der Waals surface area contributed by atoms with Crippen LogP contribution in [0.3, 0.4) is 0 Å². The number of aromatic carboxylic acids is 1. The summed E-state index contributed by atoms with van der Waals surface area (Å²) in [7, 11) is 0. The predicted molar refractivity (Wildman–Crippen MR) is 94.2 cm³/mol. The fourth-order valence-corrected chi connectivity index (χ4v) is 3.56. The molecule has 1 aliphatic rings. The number of aryl methyl sites for hydroxylation is 1. The van der Waals surface area contributed by atoms with Gasteiger partial charge in [-0.15, -0.1) is 13.2 Å². The van der Waals surface area contributed by atoms with Gasteiger partial charge >= 0.3 is 12.3 Å². The Balaban J connectivity index is 1.87. The molecule has 3 rings (SSSR count). The average molecular weight is 393 g/mol. The molecule has 1 heterocycles. The van der Waals surface area contributed by atoms with Crippen molar-refractivity contribution in [1.29, 1.82) is 0 Å². The van der Waals surface area contributed by atoms with Crippen molar-refractivity contribution in [2.24, 2.45) is 0 Å². The van der Waals surface area contributed by atoms with E-state index in [0.29, 0.717) is 28.7 Å². The quantitative estimate of drug-likeness (QED) is 0.800. The smallest absolute Gasteiger partial charge is 0.478 e. The molecule has 0 aromatic heterocycles. The number of hydrogen-bond acceptors (Lipinski definition) is 3. The molecular formula is C20H18F3NO4. The average Bonchev–Trinajstić information content (AvgIpc) is 2.87. The van der Waals surface area contributed by atoms with Gasteiger partial charge in [0.1, 0.15) is 5.75 Å². The van der Waals surface area contributed by atoms with Gasteiger partial charge in [-0.3, -0.25) is 4.79 Å². The van der Waals surface area contributed by atoms with Crippen LogP contribution in [-0.2, 0) is 6.54 Å². The second-order valence-electron chi connectivity index (χ2n) is 6.61. The summed E-state index contributed by atoms with van der Waals surface area (Å²) >= 11 is 0. The van der Waals surface area contributed by atoms with Crippen LogP contribution >= 0.6 is 0 Å². The van der Waals surface area contributed by atoms with Gasteiger partial charge in [0, 0.05) is 12.1 Å². The molecule has 0 spiro atoms. The van der Waals surface area contributed by atoms with E-state index in [0.717, 1.165) is 0 Å². The van der Waals surface area contributed by atoms with Crippen LogP contribution in [0.25, 0.3) is 0 Å². The van der Waals surface area contributed by atoms with E-state index in [-0.39, 0.29) is 29.8 Å². The number of amides is 1. The Labute approximate surface area is 159 Å². The van der Waals surface area contributed by atoms with Crippen LogP contribution < -0.4 is 4.74 Å². The van der Waals surface area contributed by atoms with E-state index in [2.05, 4.69) is 4.74 Å². The first-order valence-electron chi connectivity index (χ1n) is 8.64. The van der Waals surface area contributed by atoms with E-state index < -0.39 is 12.3 Å². The Bertz CT molecular complexity index is 922. The minimum Gasteiger partial charge on any atom is -0.478 e. The number of fused-ring (bicyclic) bond motifs is 1. The van der Waals surface area contributed by atoms with Gasteiger partial charge in [-0.1, -0.05) is 19.1 Å². The molecule has 5 nitrogen and oxygen atoms in total. The van der Waals surface area contributed by atoms with E-state index in [1.165, 1.54) is 36.4 Å². The first kappa shape index (κ1) is 19.7. The maximum absolute atomic E-state index is 12.9. The summed E-state index contributed by atoms with van der Waals surface area (Å²) in [6.45, 7) is 3.78. The van der Waals surface area contributed by atoms with Gasteiger partial charge in [-0.2, -0.15) is 0 Å². The maximum atomic E-state index is 12.9. The third kappa shape index (κ3) is 3.81. The minimum absolute atomic E-state index is 0.123. The first-order valence-corrected chi connectivity index (χ1v) is 8.64. The van der Waals surface area contributed by atoms with Gasteiger partial charge in [-0.25, -0.2) is 4.79 Å². The van der Waals surface area contributed by atoms with Crippen molar-refractivity contribution in [3.05, 3.63) is 64.2 Å². The van der Waals surface area contributed by atoms with E-state index in [9.17, 15) is 27.9 Å². The van der Waals surface area contributed by atoms with Crippen molar-refractivity contribution >= 4 is 11.9 Å². The van der Waals surface area contributed by atoms with Crippen molar-refractivity contribution in [3.8, 4) is 5.75 Å². The Hall–Kier alpha value is -3.03. The largest absolute Gasteiger partial charge is 0.573 e.